The second kappa shape index (κ2) is 76.1. The Labute approximate surface area is 539 Å². The molecule has 0 spiro atoms. The molecule has 0 aliphatic heterocycles. The highest BCUT2D eigenvalue weighted by Crippen LogP contribution is 2.20. The van der Waals surface area contributed by atoms with Crippen LogP contribution < -0.4 is 5.32 Å². The van der Waals surface area contributed by atoms with Gasteiger partial charge in [0.2, 0.25) is 5.91 Å². The number of hydrogen-bond donors (Lipinski definition) is 3. The van der Waals surface area contributed by atoms with E-state index in [4.69, 9.17) is 4.74 Å². The van der Waals surface area contributed by atoms with Gasteiger partial charge in [-0.3, -0.25) is 9.59 Å². The Morgan fingerprint density at radius 1 is 0.314 bits per heavy atom. The molecule has 0 aromatic rings. The Morgan fingerprint density at radius 2 is 0.547 bits per heavy atom. The molecule has 0 fully saturated rings. The van der Waals surface area contributed by atoms with Gasteiger partial charge in [0.15, 0.2) is 0 Å². The van der Waals surface area contributed by atoms with Gasteiger partial charge in [0.1, 0.15) is 0 Å². The molecule has 0 aliphatic rings. The first-order chi connectivity index (χ1) is 42.5. The predicted molar refractivity (Wildman–Crippen MR) is 380 cm³/mol. The first kappa shape index (κ1) is 84.6. The van der Waals surface area contributed by atoms with Crippen molar-refractivity contribution in [1.82, 2.24) is 5.32 Å². The van der Waals surface area contributed by atoms with E-state index in [1.165, 1.54) is 385 Å². The van der Waals surface area contributed by atoms with Gasteiger partial charge in [0.05, 0.1) is 25.4 Å². The van der Waals surface area contributed by atoms with Gasteiger partial charge in [-0.15, -0.1) is 0 Å². The van der Waals surface area contributed by atoms with Gasteiger partial charge in [0.25, 0.3) is 0 Å². The van der Waals surface area contributed by atoms with Crippen molar-refractivity contribution in [2.24, 2.45) is 0 Å². The number of allylic oxidation sites excluding steroid dienone is 2. The smallest absolute Gasteiger partial charge is 0.305 e. The molecule has 0 saturated carbocycles. The molecule has 0 radical (unpaired) electrons. The van der Waals surface area contributed by atoms with E-state index in [1.54, 1.807) is 0 Å². The van der Waals surface area contributed by atoms with Crippen molar-refractivity contribution < 1.29 is 24.5 Å². The number of carbonyl (C=O) groups excluding carboxylic acids is 2. The normalized spacial score (nSPS) is 12.5. The summed E-state index contributed by atoms with van der Waals surface area (Å²) in [7, 11) is 0. The largest absolute Gasteiger partial charge is 0.466 e. The molecule has 1 amide bonds. The summed E-state index contributed by atoms with van der Waals surface area (Å²) in [5, 5.41) is 23.5. The van der Waals surface area contributed by atoms with Crippen molar-refractivity contribution in [2.45, 2.75) is 475 Å². The van der Waals surface area contributed by atoms with Crippen LogP contribution in [0.2, 0.25) is 0 Å². The van der Waals surface area contributed by atoms with Crippen LogP contribution in [0.4, 0.5) is 0 Å². The van der Waals surface area contributed by atoms with Crippen LogP contribution in [0.3, 0.4) is 0 Å². The third-order valence-corrected chi connectivity index (χ3v) is 19.1. The molecule has 512 valence electrons. The number of amides is 1. The Morgan fingerprint density at radius 3 is 0.849 bits per heavy atom. The highest BCUT2D eigenvalue weighted by molar-refractivity contribution is 5.76. The molecule has 0 saturated heterocycles. The van der Waals surface area contributed by atoms with Crippen molar-refractivity contribution >= 4 is 11.9 Å². The van der Waals surface area contributed by atoms with Crippen molar-refractivity contribution in [1.29, 1.82) is 0 Å². The lowest BCUT2D eigenvalue weighted by atomic mass is 10.0. The summed E-state index contributed by atoms with van der Waals surface area (Å²) in [5.74, 6) is -0.0112. The minimum Gasteiger partial charge on any atom is -0.466 e. The maximum absolute atomic E-state index is 12.6. The second-order valence-electron chi connectivity index (χ2n) is 27.8. The minimum absolute atomic E-state index is 0.0127. The van der Waals surface area contributed by atoms with Crippen LogP contribution in [0, 0.1) is 0 Å². The third-order valence-electron chi connectivity index (χ3n) is 19.1. The topological polar surface area (TPSA) is 95.9 Å². The lowest BCUT2D eigenvalue weighted by Gasteiger charge is -2.22. The highest BCUT2D eigenvalue weighted by Gasteiger charge is 2.20. The van der Waals surface area contributed by atoms with E-state index in [0.717, 1.165) is 44.9 Å². The number of esters is 1. The zero-order chi connectivity index (χ0) is 62.0. The molecule has 86 heavy (non-hydrogen) atoms. The number of unbranched alkanes of at least 4 members (excludes halogenated alkanes) is 63. The van der Waals surface area contributed by atoms with Crippen LogP contribution in [0.15, 0.2) is 12.2 Å². The van der Waals surface area contributed by atoms with Crippen LogP contribution in [0.25, 0.3) is 0 Å². The first-order valence-corrected chi connectivity index (χ1v) is 39.9. The van der Waals surface area contributed by atoms with Crippen LogP contribution in [0.1, 0.15) is 463 Å². The third kappa shape index (κ3) is 71.7. The minimum atomic E-state index is -0.662. The van der Waals surface area contributed by atoms with E-state index < -0.39 is 12.1 Å². The van der Waals surface area contributed by atoms with Crippen LogP contribution >= 0.6 is 0 Å². The monoisotopic (exact) mass is 1210 g/mol. The number of nitrogens with one attached hydrogen (secondary N) is 1. The summed E-state index contributed by atoms with van der Waals surface area (Å²) < 4.78 is 5.48. The van der Waals surface area contributed by atoms with E-state index >= 15 is 0 Å². The number of hydrogen-bond acceptors (Lipinski definition) is 5. The molecule has 0 bridgehead atoms. The van der Waals surface area contributed by atoms with Crippen molar-refractivity contribution in [3.8, 4) is 0 Å². The maximum Gasteiger partial charge on any atom is 0.305 e. The molecule has 0 rings (SSSR count). The van der Waals surface area contributed by atoms with Crippen molar-refractivity contribution in [3.63, 3.8) is 0 Å². The van der Waals surface area contributed by atoms with E-state index in [9.17, 15) is 19.8 Å². The molecule has 6 nitrogen and oxygen atoms in total. The summed E-state index contributed by atoms with van der Waals surface area (Å²) >= 11 is 0. The quantitative estimate of drug-likeness (QED) is 0.0320. The maximum atomic E-state index is 12.6. The Balaban J connectivity index is 3.32. The molecule has 3 N–H and O–H groups in total. The van der Waals surface area contributed by atoms with E-state index in [0.29, 0.717) is 25.9 Å². The zero-order valence-electron chi connectivity index (χ0n) is 58.8. The second-order valence-corrected chi connectivity index (χ2v) is 27.8. The molecule has 0 heterocycles. The molecular formula is C80H157NO5. The number of ether oxygens (including phenoxy) is 1. The van der Waals surface area contributed by atoms with Gasteiger partial charge < -0.3 is 20.3 Å². The van der Waals surface area contributed by atoms with Crippen molar-refractivity contribution in [2.75, 3.05) is 13.2 Å². The fourth-order valence-corrected chi connectivity index (χ4v) is 13.0. The van der Waals surface area contributed by atoms with Crippen LogP contribution in [-0.2, 0) is 14.3 Å². The summed E-state index contributed by atoms with van der Waals surface area (Å²) in [6.45, 7) is 4.98. The van der Waals surface area contributed by atoms with E-state index in [2.05, 4.69) is 31.3 Å². The van der Waals surface area contributed by atoms with Crippen molar-refractivity contribution in [3.05, 3.63) is 12.2 Å². The molecule has 2 unspecified atom stereocenters. The van der Waals surface area contributed by atoms with Crippen LogP contribution in [-0.4, -0.2) is 47.4 Å². The number of rotatable bonds is 76. The standard InChI is InChI=1S/C80H157NO5/c1-3-5-7-9-11-13-15-17-18-19-20-21-22-34-37-40-43-46-49-52-56-60-64-68-72-78(83)77(76-82)81-79(84)73-69-65-61-57-53-50-47-44-41-38-35-32-30-28-26-24-23-25-27-29-31-33-36-39-42-45-48-51-55-59-63-67-71-75-86-80(85)74-70-66-62-58-54-16-14-12-10-8-6-4-2/h12,14,77-78,82-83H,3-11,13,15-76H2,1-2H3,(H,81,84)/b14-12-. The van der Waals surface area contributed by atoms with E-state index in [-0.39, 0.29) is 18.5 Å². The SMILES string of the molecule is CCCCC/C=C\CCCCCCCC(=O)OCCCCCCCCCCCCCCCCCCCCCCCCCCCCCCCCCCCC(=O)NC(CO)C(O)CCCCCCCCCCCCCCCCCCCCCCCCCC. The van der Waals surface area contributed by atoms with E-state index in [1.807, 2.05) is 0 Å². The molecule has 0 aliphatic carbocycles. The summed E-state index contributed by atoms with van der Waals surface area (Å²) in [6, 6.07) is -0.538. The van der Waals surface area contributed by atoms with Gasteiger partial charge in [-0.05, 0) is 51.4 Å². The number of aliphatic hydroxyl groups excluding tert-OH is 2. The fourth-order valence-electron chi connectivity index (χ4n) is 13.0. The Bertz CT molecular complexity index is 1300. The van der Waals surface area contributed by atoms with Gasteiger partial charge in [0, 0.05) is 12.8 Å². The molecule has 0 aromatic carbocycles. The summed E-state index contributed by atoms with van der Waals surface area (Å²) in [4.78, 5) is 24.6. The first-order valence-electron chi connectivity index (χ1n) is 39.9. The van der Waals surface area contributed by atoms with Gasteiger partial charge in [-0.25, -0.2) is 0 Å². The highest BCUT2D eigenvalue weighted by atomic mass is 16.5. The molecule has 0 aromatic heterocycles. The van der Waals surface area contributed by atoms with Crippen LogP contribution in [0.5, 0.6) is 0 Å². The lowest BCUT2D eigenvalue weighted by molar-refractivity contribution is -0.143. The summed E-state index contributed by atoms with van der Waals surface area (Å²) in [5.41, 5.74) is 0. The zero-order valence-corrected chi connectivity index (χ0v) is 58.8. The van der Waals surface area contributed by atoms with Gasteiger partial charge in [-0.1, -0.05) is 411 Å². The average Bonchev–Trinajstić information content (AvgIpc) is 3.54. The average molecular weight is 1210 g/mol. The Hall–Kier alpha value is -1.40. The predicted octanol–water partition coefficient (Wildman–Crippen LogP) is 26.3. The summed E-state index contributed by atoms with van der Waals surface area (Å²) in [6.07, 6.45) is 96.0. The lowest BCUT2D eigenvalue weighted by Crippen LogP contribution is -2.45. The number of aliphatic hydroxyl groups is 2. The Kier molecular flexibility index (Phi) is 74.8. The van der Waals surface area contributed by atoms with Gasteiger partial charge >= 0.3 is 5.97 Å². The number of carbonyl (C=O) groups is 2. The molecular weight excluding hydrogens is 1050 g/mol. The molecule has 2 atom stereocenters. The molecule has 6 heteroatoms. The fraction of sp³-hybridized carbons (Fsp3) is 0.950. The van der Waals surface area contributed by atoms with Gasteiger partial charge in [-0.2, -0.15) is 0 Å².